The molecule has 6 heteroatoms. The average molecular weight is 319 g/mol. The SMILES string of the molecule is Clc1c(Cl)c(Cl)c([C@H]2CCCN2)c(Cl)c1Cl. The summed E-state index contributed by atoms with van der Waals surface area (Å²) in [5.41, 5.74) is 0.750. The molecular formula is C10H8Cl5N. The molecule has 1 nitrogen and oxygen atoms in total. The molecule has 0 radical (unpaired) electrons. The maximum Gasteiger partial charge on any atom is 0.0809 e. The second kappa shape index (κ2) is 5.09. The fraction of sp³-hybridized carbons (Fsp3) is 0.400. The third-order valence-electron chi connectivity index (χ3n) is 2.65. The van der Waals surface area contributed by atoms with Crippen LogP contribution in [0.1, 0.15) is 24.4 Å². The van der Waals surface area contributed by atoms with Crippen molar-refractivity contribution in [1.29, 1.82) is 0 Å². The number of halogens is 5. The average Bonchev–Trinajstić information content (AvgIpc) is 2.77. The Morgan fingerprint density at radius 1 is 0.812 bits per heavy atom. The molecule has 0 unspecified atom stereocenters. The Morgan fingerprint density at radius 2 is 1.31 bits per heavy atom. The highest BCUT2D eigenvalue weighted by atomic mass is 35.5. The molecule has 1 aliphatic heterocycles. The van der Waals surface area contributed by atoms with Gasteiger partial charge in [0.15, 0.2) is 0 Å². The van der Waals surface area contributed by atoms with E-state index in [1.165, 1.54) is 0 Å². The lowest BCUT2D eigenvalue weighted by Gasteiger charge is -2.17. The van der Waals surface area contributed by atoms with Crippen molar-refractivity contribution in [3.8, 4) is 0 Å². The Hall–Kier alpha value is 0.630. The van der Waals surface area contributed by atoms with Crippen LogP contribution in [-0.4, -0.2) is 6.54 Å². The van der Waals surface area contributed by atoms with E-state index in [2.05, 4.69) is 5.32 Å². The van der Waals surface area contributed by atoms with Gasteiger partial charge < -0.3 is 5.32 Å². The first-order valence-corrected chi connectivity index (χ1v) is 6.67. The fourth-order valence-corrected chi connectivity index (χ4v) is 3.28. The van der Waals surface area contributed by atoms with Gasteiger partial charge in [0.25, 0.3) is 0 Å². The summed E-state index contributed by atoms with van der Waals surface area (Å²) >= 11 is 30.2. The minimum Gasteiger partial charge on any atom is -0.310 e. The zero-order valence-corrected chi connectivity index (χ0v) is 11.9. The summed E-state index contributed by atoms with van der Waals surface area (Å²) in [6.07, 6.45) is 2.04. The maximum atomic E-state index is 6.16. The van der Waals surface area contributed by atoms with Crippen LogP contribution in [0.4, 0.5) is 0 Å². The van der Waals surface area contributed by atoms with Gasteiger partial charge >= 0.3 is 0 Å². The van der Waals surface area contributed by atoms with Crippen LogP contribution in [0, 0.1) is 0 Å². The molecule has 2 rings (SSSR count). The summed E-state index contributed by atoms with van der Waals surface area (Å²) in [5, 5.41) is 4.82. The second-order valence-corrected chi connectivity index (χ2v) is 5.52. The number of benzene rings is 1. The van der Waals surface area contributed by atoms with Gasteiger partial charge in [0.05, 0.1) is 25.1 Å². The van der Waals surface area contributed by atoms with E-state index in [0.717, 1.165) is 24.9 Å². The Bertz CT molecular complexity index is 397. The van der Waals surface area contributed by atoms with E-state index in [1.54, 1.807) is 0 Å². The van der Waals surface area contributed by atoms with Crippen molar-refractivity contribution in [1.82, 2.24) is 5.32 Å². The van der Waals surface area contributed by atoms with E-state index in [-0.39, 0.29) is 21.1 Å². The molecule has 1 saturated heterocycles. The van der Waals surface area contributed by atoms with Crippen molar-refractivity contribution in [3.05, 3.63) is 30.7 Å². The highest BCUT2D eigenvalue weighted by Gasteiger charge is 2.26. The van der Waals surface area contributed by atoms with Crippen molar-refractivity contribution in [2.45, 2.75) is 18.9 Å². The van der Waals surface area contributed by atoms with Gasteiger partial charge in [0.1, 0.15) is 0 Å². The van der Waals surface area contributed by atoms with Gasteiger partial charge in [-0.3, -0.25) is 0 Å². The molecule has 1 heterocycles. The number of rotatable bonds is 1. The summed E-state index contributed by atoms with van der Waals surface area (Å²) in [6.45, 7) is 0.940. The standard InChI is InChI=1S/C10H8Cl5N/c11-6-5(4-2-1-3-16-4)7(12)9(14)10(15)8(6)13/h4,16H,1-3H2/t4-/m1/s1. The Balaban J connectivity index is 2.59. The van der Waals surface area contributed by atoms with Gasteiger partial charge in [0, 0.05) is 11.6 Å². The first-order valence-electron chi connectivity index (χ1n) is 4.78. The molecule has 1 aromatic rings. The van der Waals surface area contributed by atoms with Gasteiger partial charge in [-0.1, -0.05) is 58.0 Å². The van der Waals surface area contributed by atoms with E-state index < -0.39 is 0 Å². The van der Waals surface area contributed by atoms with E-state index >= 15 is 0 Å². The molecule has 88 valence electrons. The van der Waals surface area contributed by atoms with Crippen LogP contribution in [0.2, 0.25) is 25.1 Å². The fourth-order valence-electron chi connectivity index (χ4n) is 1.86. The number of hydrogen-bond donors (Lipinski definition) is 1. The van der Waals surface area contributed by atoms with Crippen LogP contribution in [0.15, 0.2) is 0 Å². The lowest BCUT2D eigenvalue weighted by molar-refractivity contribution is 0.648. The first kappa shape index (κ1) is 13.1. The van der Waals surface area contributed by atoms with Crippen LogP contribution in [-0.2, 0) is 0 Å². The molecule has 0 aliphatic carbocycles. The zero-order chi connectivity index (χ0) is 11.9. The molecule has 0 spiro atoms. The van der Waals surface area contributed by atoms with Gasteiger partial charge in [0.2, 0.25) is 0 Å². The topological polar surface area (TPSA) is 12.0 Å². The molecule has 0 aromatic heterocycles. The molecule has 1 aliphatic rings. The van der Waals surface area contributed by atoms with E-state index in [0.29, 0.717) is 10.0 Å². The third-order valence-corrected chi connectivity index (χ3v) is 4.96. The molecule has 1 aromatic carbocycles. The van der Waals surface area contributed by atoms with Gasteiger partial charge in [-0.25, -0.2) is 0 Å². The first-order chi connectivity index (χ1) is 7.54. The minimum absolute atomic E-state index is 0.104. The molecule has 0 saturated carbocycles. The molecule has 1 atom stereocenters. The molecule has 0 bridgehead atoms. The highest BCUT2D eigenvalue weighted by molar-refractivity contribution is 6.55. The predicted molar refractivity (Wildman–Crippen MR) is 71.5 cm³/mol. The largest absolute Gasteiger partial charge is 0.310 e. The smallest absolute Gasteiger partial charge is 0.0809 e. The van der Waals surface area contributed by atoms with Crippen LogP contribution in [0.25, 0.3) is 0 Å². The monoisotopic (exact) mass is 317 g/mol. The number of hydrogen-bond acceptors (Lipinski definition) is 1. The van der Waals surface area contributed by atoms with Crippen LogP contribution in [0.3, 0.4) is 0 Å². The Kier molecular flexibility index (Phi) is 4.16. The maximum absolute atomic E-state index is 6.16. The van der Waals surface area contributed by atoms with Crippen molar-refractivity contribution in [2.75, 3.05) is 6.54 Å². The quantitative estimate of drug-likeness (QED) is 0.541. The summed E-state index contributed by atoms with van der Waals surface area (Å²) in [7, 11) is 0. The lowest BCUT2D eigenvalue weighted by Crippen LogP contribution is -2.14. The van der Waals surface area contributed by atoms with Gasteiger partial charge in [-0.15, -0.1) is 0 Å². The molecule has 1 fully saturated rings. The minimum atomic E-state index is 0.104. The zero-order valence-electron chi connectivity index (χ0n) is 8.09. The molecule has 0 amide bonds. The summed E-state index contributed by atoms with van der Waals surface area (Å²) in [4.78, 5) is 0. The van der Waals surface area contributed by atoms with Crippen molar-refractivity contribution in [2.24, 2.45) is 0 Å². The molecule has 16 heavy (non-hydrogen) atoms. The number of nitrogens with one attached hydrogen (secondary N) is 1. The van der Waals surface area contributed by atoms with Crippen molar-refractivity contribution >= 4 is 58.0 Å². The Morgan fingerprint density at radius 3 is 1.75 bits per heavy atom. The second-order valence-electron chi connectivity index (χ2n) is 3.63. The van der Waals surface area contributed by atoms with Crippen molar-refractivity contribution in [3.63, 3.8) is 0 Å². The Labute approximate surface area is 119 Å². The highest BCUT2D eigenvalue weighted by Crippen LogP contribution is 2.47. The molecular weight excluding hydrogens is 311 g/mol. The van der Waals surface area contributed by atoms with E-state index in [1.807, 2.05) is 0 Å². The van der Waals surface area contributed by atoms with Gasteiger partial charge in [-0.05, 0) is 19.4 Å². The lowest BCUT2D eigenvalue weighted by atomic mass is 10.1. The van der Waals surface area contributed by atoms with E-state index in [9.17, 15) is 0 Å². The summed E-state index contributed by atoms with van der Waals surface area (Å²) < 4.78 is 0. The van der Waals surface area contributed by atoms with Crippen LogP contribution >= 0.6 is 58.0 Å². The predicted octanol–water partition coefficient (Wildman–Crippen LogP) is 5.38. The van der Waals surface area contributed by atoms with Crippen LogP contribution in [0.5, 0.6) is 0 Å². The van der Waals surface area contributed by atoms with Gasteiger partial charge in [-0.2, -0.15) is 0 Å². The van der Waals surface area contributed by atoms with Crippen LogP contribution < -0.4 is 5.32 Å². The molecule has 1 N–H and O–H groups in total. The normalized spacial score (nSPS) is 20.4. The summed E-state index contributed by atoms with van der Waals surface area (Å²) in [5.74, 6) is 0. The van der Waals surface area contributed by atoms with E-state index in [4.69, 9.17) is 58.0 Å². The summed E-state index contributed by atoms with van der Waals surface area (Å²) in [6, 6.07) is 0.104. The van der Waals surface area contributed by atoms with Crippen molar-refractivity contribution < 1.29 is 0 Å². The third kappa shape index (κ3) is 2.14.